The normalized spacial score (nSPS) is 14.6. The lowest BCUT2D eigenvalue weighted by molar-refractivity contribution is 0.353. The van der Waals surface area contributed by atoms with Gasteiger partial charge in [0.2, 0.25) is 0 Å². The Morgan fingerprint density at radius 2 is 1.11 bits per heavy atom. The van der Waals surface area contributed by atoms with Crippen LogP contribution in [0.5, 0.6) is 0 Å². The fourth-order valence-electron chi connectivity index (χ4n) is 11.5. The van der Waals surface area contributed by atoms with E-state index in [9.17, 15) is 0 Å². The van der Waals surface area contributed by atoms with Crippen molar-refractivity contribution in [2.75, 3.05) is 0 Å². The molecule has 1 aliphatic heterocycles. The van der Waals surface area contributed by atoms with Gasteiger partial charge < -0.3 is 8.98 Å². The summed E-state index contributed by atoms with van der Waals surface area (Å²) in [7, 11) is 0. The van der Waals surface area contributed by atoms with Gasteiger partial charge in [-0.25, -0.2) is 15.0 Å². The molecule has 8 aromatic carbocycles. The van der Waals surface area contributed by atoms with Crippen molar-refractivity contribution >= 4 is 43.7 Å². The first-order valence-electron chi connectivity index (χ1n) is 21.9. The van der Waals surface area contributed by atoms with E-state index in [1.807, 2.05) is 24.3 Å². The summed E-state index contributed by atoms with van der Waals surface area (Å²) in [5.74, 6) is 1.93. The Morgan fingerprint density at radius 1 is 0.435 bits per heavy atom. The maximum Gasteiger partial charge on any atom is 0.164 e. The van der Waals surface area contributed by atoms with E-state index < -0.39 is 0 Å². The summed E-state index contributed by atoms with van der Waals surface area (Å²) in [6.07, 6.45) is 5.93. The second-order valence-corrected chi connectivity index (χ2v) is 17.4. The van der Waals surface area contributed by atoms with E-state index in [1.54, 1.807) is 0 Å². The topological polar surface area (TPSA) is 56.7 Å². The van der Waals surface area contributed by atoms with Crippen LogP contribution in [0.25, 0.3) is 117 Å². The van der Waals surface area contributed by atoms with Gasteiger partial charge in [-0.1, -0.05) is 153 Å². The van der Waals surface area contributed by atoms with Gasteiger partial charge in [-0.3, -0.25) is 0 Å². The molecule has 4 heterocycles. The van der Waals surface area contributed by atoms with E-state index in [1.165, 1.54) is 85.7 Å². The molecule has 14 rings (SSSR count). The van der Waals surface area contributed by atoms with Crippen LogP contribution >= 0.6 is 0 Å². The largest absolute Gasteiger partial charge is 0.456 e. The molecule has 62 heavy (non-hydrogen) atoms. The molecule has 5 heteroatoms. The molecule has 292 valence electrons. The predicted molar refractivity (Wildman–Crippen MR) is 251 cm³/mol. The van der Waals surface area contributed by atoms with E-state index >= 15 is 0 Å². The molecule has 1 saturated carbocycles. The Labute approximate surface area is 358 Å². The van der Waals surface area contributed by atoms with E-state index in [4.69, 9.17) is 19.4 Å². The van der Waals surface area contributed by atoms with Crippen molar-refractivity contribution in [2.45, 2.75) is 37.5 Å². The van der Waals surface area contributed by atoms with E-state index in [0.717, 1.165) is 57.0 Å². The van der Waals surface area contributed by atoms with Gasteiger partial charge in [0.15, 0.2) is 17.5 Å². The Bertz CT molecular complexity index is 3660. The molecule has 0 bridgehead atoms. The summed E-state index contributed by atoms with van der Waals surface area (Å²) >= 11 is 0. The molecule has 0 unspecified atom stereocenters. The molecule has 0 saturated heterocycles. The predicted octanol–water partition coefficient (Wildman–Crippen LogP) is 14.7. The quantitative estimate of drug-likeness (QED) is 0.178. The molecule has 0 N–H and O–H groups in total. The van der Waals surface area contributed by atoms with Gasteiger partial charge in [0.1, 0.15) is 11.2 Å². The van der Waals surface area contributed by atoms with Crippen LogP contribution < -0.4 is 0 Å². The third-order valence-corrected chi connectivity index (χ3v) is 14.2. The maximum atomic E-state index is 6.39. The van der Waals surface area contributed by atoms with Crippen LogP contribution in [0.2, 0.25) is 0 Å². The highest BCUT2D eigenvalue weighted by Crippen LogP contribution is 2.62. The zero-order chi connectivity index (χ0) is 40.5. The Hall–Kier alpha value is -7.63. The van der Waals surface area contributed by atoms with E-state index in [2.05, 4.69) is 150 Å². The number of furan rings is 1. The molecule has 0 atom stereocenters. The molecular weight excluding hydrogens is 757 g/mol. The summed E-state index contributed by atoms with van der Waals surface area (Å²) in [5.41, 5.74) is 18.7. The minimum Gasteiger partial charge on any atom is -0.456 e. The van der Waals surface area contributed by atoms with Crippen LogP contribution in [-0.4, -0.2) is 19.5 Å². The van der Waals surface area contributed by atoms with Gasteiger partial charge in [0.05, 0.1) is 16.7 Å². The summed E-state index contributed by atoms with van der Waals surface area (Å²) < 4.78 is 8.95. The Balaban J connectivity index is 1.06. The summed E-state index contributed by atoms with van der Waals surface area (Å²) in [6, 6.07) is 61.2. The van der Waals surface area contributed by atoms with Crippen molar-refractivity contribution in [1.29, 1.82) is 0 Å². The number of benzene rings is 8. The third-order valence-electron chi connectivity index (χ3n) is 14.2. The van der Waals surface area contributed by atoms with Gasteiger partial charge in [0.25, 0.3) is 0 Å². The van der Waals surface area contributed by atoms with Crippen molar-refractivity contribution < 1.29 is 4.42 Å². The van der Waals surface area contributed by atoms with Crippen LogP contribution in [0.15, 0.2) is 174 Å². The number of nitrogens with zero attached hydrogens (tertiary/aromatic N) is 4. The van der Waals surface area contributed by atoms with Gasteiger partial charge in [-0.05, 0) is 82.6 Å². The van der Waals surface area contributed by atoms with Crippen LogP contribution in [-0.2, 0) is 5.41 Å². The van der Waals surface area contributed by atoms with Crippen LogP contribution in [0.4, 0.5) is 0 Å². The lowest BCUT2D eigenvalue weighted by Crippen LogP contribution is -2.28. The number of aromatic nitrogens is 4. The summed E-state index contributed by atoms with van der Waals surface area (Å²) in [6.45, 7) is 0. The number of rotatable bonds is 4. The van der Waals surface area contributed by atoms with Gasteiger partial charge >= 0.3 is 0 Å². The fourth-order valence-corrected chi connectivity index (χ4v) is 11.5. The number of hydrogen-bond acceptors (Lipinski definition) is 4. The number of hydrogen-bond donors (Lipinski definition) is 0. The SMILES string of the molecule is c1ccc(-c2ccc(-c3nc(-c4cc5c6c(c4)C4(CCCCC4)c4ccc7c8ccccc8n(c7c4-6)-c4ccccc4-5)nc(-c4cccc5oc6ccccc6c45)n3)cc2)cc1. The lowest BCUT2D eigenvalue weighted by atomic mass is 9.67. The molecule has 3 aromatic heterocycles. The number of para-hydroxylation sites is 3. The molecule has 1 spiro atoms. The number of fused-ring (bicyclic) bond motifs is 11. The Kier molecular flexibility index (Phi) is 6.99. The molecule has 11 aromatic rings. The van der Waals surface area contributed by atoms with Crippen molar-refractivity contribution in [3.8, 4) is 73.2 Å². The van der Waals surface area contributed by atoms with Crippen molar-refractivity contribution in [3.05, 3.63) is 181 Å². The highest BCUT2D eigenvalue weighted by Gasteiger charge is 2.47. The minimum absolute atomic E-state index is 0.0945. The molecule has 0 amide bonds. The van der Waals surface area contributed by atoms with Gasteiger partial charge in [-0.15, -0.1) is 0 Å². The molecule has 2 aliphatic carbocycles. The highest BCUT2D eigenvalue weighted by molar-refractivity contribution is 6.19. The molecule has 3 aliphatic rings. The van der Waals surface area contributed by atoms with Crippen LogP contribution in [0, 0.1) is 0 Å². The van der Waals surface area contributed by atoms with E-state index in [0.29, 0.717) is 17.5 Å². The average molecular weight is 795 g/mol. The van der Waals surface area contributed by atoms with Crippen molar-refractivity contribution in [3.63, 3.8) is 0 Å². The summed E-state index contributed by atoms with van der Waals surface area (Å²) in [5, 5.41) is 4.67. The van der Waals surface area contributed by atoms with Crippen molar-refractivity contribution in [1.82, 2.24) is 19.5 Å². The second-order valence-electron chi connectivity index (χ2n) is 17.4. The standard InChI is InChI=1S/C57H38N4O/c1-3-14-34(15-4-1)35-24-26-36(27-25-35)54-58-55(60-56(59-54)42-19-13-23-49-50(42)41-18-7-10-22-48(41)62-49)37-32-43-39-17-6-9-21-47(39)61-46-20-8-5-16-38(46)40-28-29-44-52(53(40)61)51(43)45(33-37)57(44)30-11-2-12-31-57/h1,3-10,13-29,32-33H,2,11-12,30-31H2. The zero-order valence-corrected chi connectivity index (χ0v) is 33.9. The van der Waals surface area contributed by atoms with Crippen LogP contribution in [0.3, 0.4) is 0 Å². The molecule has 0 radical (unpaired) electrons. The Morgan fingerprint density at radius 3 is 1.98 bits per heavy atom. The first-order valence-corrected chi connectivity index (χ1v) is 21.9. The minimum atomic E-state index is -0.0945. The lowest BCUT2D eigenvalue weighted by Gasteiger charge is -2.36. The second kappa shape index (κ2) is 12.7. The first kappa shape index (κ1) is 34.1. The maximum absolute atomic E-state index is 6.39. The smallest absolute Gasteiger partial charge is 0.164 e. The first-order chi connectivity index (χ1) is 30.7. The molecular formula is C57H38N4O. The van der Waals surface area contributed by atoms with Gasteiger partial charge in [0, 0.05) is 54.8 Å². The van der Waals surface area contributed by atoms with Gasteiger partial charge in [-0.2, -0.15) is 0 Å². The fraction of sp³-hybridized carbons (Fsp3) is 0.105. The van der Waals surface area contributed by atoms with E-state index in [-0.39, 0.29) is 5.41 Å². The third kappa shape index (κ3) is 4.65. The average Bonchev–Trinajstić information content (AvgIpc) is 3.95. The summed E-state index contributed by atoms with van der Waals surface area (Å²) in [4.78, 5) is 16.2. The van der Waals surface area contributed by atoms with Crippen molar-refractivity contribution in [2.24, 2.45) is 0 Å². The zero-order valence-electron chi connectivity index (χ0n) is 33.9. The molecule has 5 nitrogen and oxygen atoms in total. The van der Waals surface area contributed by atoms with Crippen LogP contribution in [0.1, 0.15) is 43.2 Å². The monoisotopic (exact) mass is 794 g/mol. The highest BCUT2D eigenvalue weighted by atomic mass is 16.3. The molecule has 1 fully saturated rings.